The highest BCUT2D eigenvalue weighted by Gasteiger charge is 2.49. The minimum absolute atomic E-state index is 0.319. The predicted octanol–water partition coefficient (Wildman–Crippen LogP) is 4.30. The summed E-state index contributed by atoms with van der Waals surface area (Å²) in [6.07, 6.45) is 10.4. The SMILES string of the molecule is COc1cccc([C@H]2CN(C(=O)C3CC3)[C@@H]3CCN(CC4CCCCC4)C[C@H]23)c1. The summed E-state index contributed by atoms with van der Waals surface area (Å²) in [5.74, 6) is 3.57. The second-order valence-electron chi connectivity index (χ2n) is 9.93. The quantitative estimate of drug-likeness (QED) is 0.744. The number of amides is 1. The summed E-state index contributed by atoms with van der Waals surface area (Å²) < 4.78 is 5.50. The summed E-state index contributed by atoms with van der Waals surface area (Å²) in [4.78, 5) is 18.1. The second-order valence-corrected chi connectivity index (χ2v) is 9.93. The van der Waals surface area contributed by atoms with Crippen molar-refractivity contribution in [3.8, 4) is 5.75 Å². The third-order valence-corrected chi connectivity index (χ3v) is 7.99. The van der Waals surface area contributed by atoms with E-state index in [1.165, 1.54) is 44.2 Å². The van der Waals surface area contributed by atoms with Crippen molar-refractivity contribution in [2.75, 3.05) is 33.3 Å². The number of likely N-dealkylation sites (tertiary alicyclic amines) is 2. The van der Waals surface area contributed by atoms with Crippen LogP contribution in [0.2, 0.25) is 0 Å². The van der Waals surface area contributed by atoms with Gasteiger partial charge in [-0.05, 0) is 55.7 Å². The molecular weight excluding hydrogens is 360 g/mol. The first kappa shape index (κ1) is 19.4. The highest BCUT2D eigenvalue weighted by molar-refractivity contribution is 5.82. The first-order chi connectivity index (χ1) is 14.2. The highest BCUT2D eigenvalue weighted by atomic mass is 16.5. The Morgan fingerprint density at radius 3 is 2.66 bits per heavy atom. The van der Waals surface area contributed by atoms with Crippen molar-refractivity contribution in [3.05, 3.63) is 29.8 Å². The molecule has 1 aromatic rings. The third kappa shape index (κ3) is 4.05. The normalized spacial score (nSPS) is 30.9. The molecule has 0 radical (unpaired) electrons. The van der Waals surface area contributed by atoms with Crippen LogP contribution in [0.4, 0.5) is 0 Å². The maximum atomic E-state index is 13.0. The molecule has 0 spiro atoms. The summed E-state index contributed by atoms with van der Waals surface area (Å²) in [5.41, 5.74) is 1.35. The van der Waals surface area contributed by atoms with Gasteiger partial charge in [-0.2, -0.15) is 0 Å². The van der Waals surface area contributed by atoms with Crippen molar-refractivity contribution in [1.29, 1.82) is 0 Å². The second kappa shape index (κ2) is 8.29. The van der Waals surface area contributed by atoms with Gasteiger partial charge in [0.2, 0.25) is 5.91 Å². The first-order valence-corrected chi connectivity index (χ1v) is 11.9. The number of piperidine rings is 1. The van der Waals surface area contributed by atoms with Crippen molar-refractivity contribution < 1.29 is 9.53 Å². The number of carbonyl (C=O) groups is 1. The molecule has 2 aliphatic carbocycles. The van der Waals surface area contributed by atoms with Gasteiger partial charge >= 0.3 is 0 Å². The number of hydrogen-bond donors (Lipinski definition) is 0. The Labute approximate surface area is 175 Å². The molecule has 4 aliphatic rings. The van der Waals surface area contributed by atoms with E-state index < -0.39 is 0 Å². The van der Waals surface area contributed by atoms with E-state index in [9.17, 15) is 4.79 Å². The maximum absolute atomic E-state index is 13.0. The van der Waals surface area contributed by atoms with Crippen LogP contribution in [0, 0.1) is 17.8 Å². The van der Waals surface area contributed by atoms with Crippen LogP contribution in [0.25, 0.3) is 0 Å². The van der Waals surface area contributed by atoms with Gasteiger partial charge in [0.1, 0.15) is 5.75 Å². The van der Waals surface area contributed by atoms with Crippen LogP contribution in [-0.2, 0) is 4.79 Å². The van der Waals surface area contributed by atoms with Gasteiger partial charge in [-0.3, -0.25) is 4.79 Å². The zero-order chi connectivity index (χ0) is 19.8. The molecule has 0 unspecified atom stereocenters. The van der Waals surface area contributed by atoms with Crippen LogP contribution >= 0.6 is 0 Å². The van der Waals surface area contributed by atoms with E-state index in [1.807, 2.05) is 6.07 Å². The summed E-state index contributed by atoms with van der Waals surface area (Å²) in [6, 6.07) is 9.01. The molecule has 158 valence electrons. The number of nitrogens with zero attached hydrogens (tertiary/aromatic N) is 2. The Balaban J connectivity index is 1.35. The molecule has 5 rings (SSSR count). The molecule has 2 heterocycles. The zero-order valence-corrected chi connectivity index (χ0v) is 17.9. The van der Waals surface area contributed by atoms with Crippen LogP contribution in [0.15, 0.2) is 24.3 Å². The lowest BCUT2D eigenvalue weighted by Gasteiger charge is -2.40. The molecule has 3 atom stereocenters. The van der Waals surface area contributed by atoms with Gasteiger partial charge in [-0.25, -0.2) is 0 Å². The number of ether oxygens (including phenoxy) is 1. The number of benzene rings is 1. The van der Waals surface area contributed by atoms with Gasteiger partial charge in [0.25, 0.3) is 0 Å². The van der Waals surface area contributed by atoms with Gasteiger partial charge in [0.15, 0.2) is 0 Å². The van der Waals surface area contributed by atoms with Crippen molar-refractivity contribution in [1.82, 2.24) is 9.80 Å². The maximum Gasteiger partial charge on any atom is 0.225 e. The minimum atomic E-state index is 0.319. The summed E-state index contributed by atoms with van der Waals surface area (Å²) >= 11 is 0. The number of methoxy groups -OCH3 is 1. The molecule has 0 N–H and O–H groups in total. The topological polar surface area (TPSA) is 32.8 Å². The van der Waals surface area contributed by atoms with E-state index in [0.29, 0.717) is 29.7 Å². The summed E-state index contributed by atoms with van der Waals surface area (Å²) in [5, 5.41) is 0. The smallest absolute Gasteiger partial charge is 0.225 e. The predicted molar refractivity (Wildman–Crippen MR) is 115 cm³/mol. The lowest BCUT2D eigenvalue weighted by Crippen LogP contribution is -2.49. The average Bonchev–Trinajstić information content (AvgIpc) is 3.55. The fraction of sp³-hybridized carbons (Fsp3) is 0.720. The number of carbonyl (C=O) groups excluding carboxylic acids is 1. The van der Waals surface area contributed by atoms with Crippen molar-refractivity contribution in [2.45, 2.75) is 63.3 Å². The lowest BCUT2D eigenvalue weighted by molar-refractivity contribution is -0.134. The molecule has 4 fully saturated rings. The van der Waals surface area contributed by atoms with Crippen molar-refractivity contribution in [2.24, 2.45) is 17.8 Å². The van der Waals surface area contributed by atoms with Crippen LogP contribution in [0.1, 0.15) is 62.8 Å². The molecule has 4 heteroatoms. The Kier molecular flexibility index (Phi) is 5.55. The number of hydrogen-bond acceptors (Lipinski definition) is 3. The Morgan fingerprint density at radius 2 is 1.90 bits per heavy atom. The summed E-state index contributed by atoms with van der Waals surface area (Å²) in [7, 11) is 1.74. The van der Waals surface area contributed by atoms with Gasteiger partial charge < -0.3 is 14.5 Å². The Morgan fingerprint density at radius 1 is 1.07 bits per heavy atom. The van der Waals surface area contributed by atoms with Gasteiger partial charge in [0, 0.05) is 50.0 Å². The fourth-order valence-corrected chi connectivity index (χ4v) is 6.25. The van der Waals surface area contributed by atoms with Crippen molar-refractivity contribution in [3.63, 3.8) is 0 Å². The lowest BCUT2D eigenvalue weighted by atomic mass is 9.81. The van der Waals surface area contributed by atoms with E-state index in [1.54, 1.807) is 7.11 Å². The van der Waals surface area contributed by atoms with E-state index in [2.05, 4.69) is 28.0 Å². The fourth-order valence-electron chi connectivity index (χ4n) is 6.25. The van der Waals surface area contributed by atoms with E-state index in [-0.39, 0.29) is 0 Å². The standard InChI is InChI=1S/C25H36N2O2/c1-29-21-9-5-8-20(14-21)22-17-27(25(28)19-10-11-19)24-12-13-26(16-23(22)24)15-18-6-3-2-4-7-18/h5,8-9,14,18-19,22-24H,2-4,6-7,10-13,15-17H2,1H3/t22-,23-,24-/m1/s1. The summed E-state index contributed by atoms with van der Waals surface area (Å²) in [6.45, 7) is 4.48. The first-order valence-electron chi connectivity index (χ1n) is 11.9. The molecule has 2 saturated carbocycles. The minimum Gasteiger partial charge on any atom is -0.497 e. The molecule has 2 aliphatic heterocycles. The molecule has 0 bridgehead atoms. The van der Waals surface area contributed by atoms with E-state index >= 15 is 0 Å². The zero-order valence-electron chi connectivity index (χ0n) is 17.9. The van der Waals surface area contributed by atoms with E-state index in [4.69, 9.17) is 4.74 Å². The molecule has 0 aromatic heterocycles. The van der Waals surface area contributed by atoms with Crippen LogP contribution in [-0.4, -0.2) is 55.0 Å². The van der Waals surface area contributed by atoms with Gasteiger partial charge in [-0.15, -0.1) is 0 Å². The Bertz CT molecular complexity index is 725. The molecule has 1 aromatic carbocycles. The van der Waals surface area contributed by atoms with Crippen molar-refractivity contribution >= 4 is 5.91 Å². The highest BCUT2D eigenvalue weighted by Crippen LogP contribution is 2.45. The van der Waals surface area contributed by atoms with E-state index in [0.717, 1.165) is 50.6 Å². The average molecular weight is 397 g/mol. The molecule has 2 saturated heterocycles. The monoisotopic (exact) mass is 396 g/mol. The van der Waals surface area contributed by atoms with Crippen LogP contribution in [0.3, 0.4) is 0 Å². The third-order valence-electron chi connectivity index (χ3n) is 7.99. The molecule has 4 nitrogen and oxygen atoms in total. The molecular formula is C25H36N2O2. The molecule has 1 amide bonds. The van der Waals surface area contributed by atoms with Crippen LogP contribution < -0.4 is 4.74 Å². The van der Waals surface area contributed by atoms with Crippen LogP contribution in [0.5, 0.6) is 5.75 Å². The van der Waals surface area contributed by atoms with Gasteiger partial charge in [0.05, 0.1) is 7.11 Å². The number of rotatable bonds is 5. The van der Waals surface area contributed by atoms with Gasteiger partial charge in [-0.1, -0.05) is 31.4 Å². The molecule has 29 heavy (non-hydrogen) atoms. The number of fused-ring (bicyclic) bond motifs is 1. The largest absolute Gasteiger partial charge is 0.497 e. The Hall–Kier alpha value is -1.55.